The van der Waals surface area contributed by atoms with Crippen LogP contribution in [-0.2, 0) is 5.41 Å². The molecule has 0 bridgehead atoms. The number of nitrogens with zero attached hydrogens (tertiary/aromatic N) is 2. The number of benzene rings is 1. The molecule has 5 heteroatoms. The van der Waals surface area contributed by atoms with Crippen LogP contribution in [0.2, 0.25) is 5.15 Å². The van der Waals surface area contributed by atoms with Gasteiger partial charge in [-0.25, -0.2) is 9.97 Å². The van der Waals surface area contributed by atoms with Crippen molar-refractivity contribution in [1.82, 2.24) is 9.97 Å². The average molecular weight is 370 g/mol. The molecule has 0 N–H and O–H groups in total. The number of hydrogen-bond acceptors (Lipinski definition) is 3. The van der Waals surface area contributed by atoms with Crippen molar-refractivity contribution >= 4 is 27.5 Å². The summed E-state index contributed by atoms with van der Waals surface area (Å²) < 4.78 is 6.20. The van der Waals surface area contributed by atoms with Crippen LogP contribution >= 0.6 is 27.5 Å². The fraction of sp³-hybridized carbons (Fsp3) is 0.375. The Morgan fingerprint density at radius 2 is 1.76 bits per heavy atom. The largest absolute Gasteiger partial charge is 0.494 e. The predicted molar refractivity (Wildman–Crippen MR) is 90.0 cm³/mol. The van der Waals surface area contributed by atoms with Gasteiger partial charge in [0.2, 0.25) is 0 Å². The van der Waals surface area contributed by atoms with E-state index >= 15 is 0 Å². The Balaban J connectivity index is 2.47. The van der Waals surface area contributed by atoms with Gasteiger partial charge in [-0.2, -0.15) is 0 Å². The van der Waals surface area contributed by atoms with Crippen molar-refractivity contribution in [3.63, 3.8) is 0 Å². The van der Waals surface area contributed by atoms with E-state index < -0.39 is 0 Å². The molecule has 0 aliphatic heterocycles. The van der Waals surface area contributed by atoms with E-state index in [-0.39, 0.29) is 5.41 Å². The lowest BCUT2D eigenvalue weighted by atomic mass is 9.92. The number of aromatic nitrogens is 2. The standard InChI is InChI=1S/C16H18BrClN2O/c1-5-21-11-8-6-10(7-9-11)15-19-13(16(2,3)4)12(17)14(18)20-15/h6-9H,5H2,1-4H3. The zero-order valence-electron chi connectivity index (χ0n) is 12.6. The van der Waals surface area contributed by atoms with E-state index in [1.807, 2.05) is 31.2 Å². The second-order valence-corrected chi connectivity index (χ2v) is 6.86. The first-order chi connectivity index (χ1) is 9.82. The van der Waals surface area contributed by atoms with Gasteiger partial charge in [0.1, 0.15) is 10.9 Å². The van der Waals surface area contributed by atoms with Crippen molar-refractivity contribution < 1.29 is 4.74 Å². The Labute approximate surface area is 138 Å². The zero-order valence-corrected chi connectivity index (χ0v) is 14.9. The molecule has 0 atom stereocenters. The third-order valence-electron chi connectivity index (χ3n) is 2.94. The molecular formula is C16H18BrClN2O. The summed E-state index contributed by atoms with van der Waals surface area (Å²) in [5.41, 5.74) is 1.69. The van der Waals surface area contributed by atoms with Gasteiger partial charge in [-0.05, 0) is 47.1 Å². The minimum absolute atomic E-state index is 0.120. The van der Waals surface area contributed by atoms with Crippen molar-refractivity contribution in [3.05, 3.63) is 39.6 Å². The summed E-state index contributed by atoms with van der Waals surface area (Å²) in [6, 6.07) is 7.71. The van der Waals surface area contributed by atoms with Crippen LogP contribution in [-0.4, -0.2) is 16.6 Å². The minimum atomic E-state index is -0.120. The molecule has 0 aliphatic carbocycles. The molecule has 2 rings (SSSR count). The van der Waals surface area contributed by atoms with E-state index in [2.05, 4.69) is 46.7 Å². The summed E-state index contributed by atoms with van der Waals surface area (Å²) in [5, 5.41) is 0.429. The summed E-state index contributed by atoms with van der Waals surface area (Å²) in [5.74, 6) is 1.46. The maximum absolute atomic E-state index is 6.23. The summed E-state index contributed by atoms with van der Waals surface area (Å²) in [7, 11) is 0. The van der Waals surface area contributed by atoms with Crippen LogP contribution in [0.5, 0.6) is 5.75 Å². The first-order valence-electron chi connectivity index (χ1n) is 6.79. The van der Waals surface area contributed by atoms with Gasteiger partial charge in [-0.15, -0.1) is 0 Å². The molecule has 0 amide bonds. The van der Waals surface area contributed by atoms with E-state index in [4.69, 9.17) is 16.3 Å². The maximum atomic E-state index is 6.23. The van der Waals surface area contributed by atoms with Gasteiger partial charge in [0.15, 0.2) is 5.82 Å². The third-order valence-corrected chi connectivity index (χ3v) is 4.20. The maximum Gasteiger partial charge on any atom is 0.161 e. The smallest absolute Gasteiger partial charge is 0.161 e. The van der Waals surface area contributed by atoms with E-state index in [0.717, 1.165) is 21.5 Å². The van der Waals surface area contributed by atoms with E-state index in [1.165, 1.54) is 0 Å². The van der Waals surface area contributed by atoms with Crippen LogP contribution in [0.15, 0.2) is 28.7 Å². The second kappa shape index (κ2) is 6.32. The number of hydrogen-bond donors (Lipinski definition) is 0. The van der Waals surface area contributed by atoms with Crippen LogP contribution in [0.4, 0.5) is 0 Å². The predicted octanol–water partition coefficient (Wildman–Crippen LogP) is 5.26. The molecule has 1 aromatic heterocycles. The lowest BCUT2D eigenvalue weighted by molar-refractivity contribution is 0.340. The SMILES string of the molecule is CCOc1ccc(-c2nc(Cl)c(Br)c(C(C)(C)C)n2)cc1. The molecular weight excluding hydrogens is 352 g/mol. The molecule has 0 saturated heterocycles. The molecule has 21 heavy (non-hydrogen) atoms. The van der Waals surface area contributed by atoms with Crippen molar-refractivity contribution in [3.8, 4) is 17.1 Å². The normalized spacial score (nSPS) is 11.5. The Morgan fingerprint density at radius 3 is 2.29 bits per heavy atom. The lowest BCUT2D eigenvalue weighted by Crippen LogP contribution is -2.16. The zero-order chi connectivity index (χ0) is 15.6. The third kappa shape index (κ3) is 3.74. The second-order valence-electron chi connectivity index (χ2n) is 5.71. The molecule has 2 aromatic rings. The molecule has 112 valence electrons. The average Bonchev–Trinajstić information content (AvgIpc) is 2.41. The highest BCUT2D eigenvalue weighted by Crippen LogP contribution is 2.34. The molecule has 0 aliphatic rings. The quantitative estimate of drug-likeness (QED) is 0.693. The van der Waals surface area contributed by atoms with E-state index in [1.54, 1.807) is 0 Å². The van der Waals surface area contributed by atoms with Gasteiger partial charge in [0.05, 0.1) is 16.8 Å². The topological polar surface area (TPSA) is 35.0 Å². The number of rotatable bonds is 3. The molecule has 0 saturated carbocycles. The summed E-state index contributed by atoms with van der Waals surface area (Å²) >= 11 is 9.71. The number of ether oxygens (including phenoxy) is 1. The van der Waals surface area contributed by atoms with Gasteiger partial charge in [0, 0.05) is 11.0 Å². The van der Waals surface area contributed by atoms with Gasteiger partial charge >= 0.3 is 0 Å². The summed E-state index contributed by atoms with van der Waals surface area (Å²) in [4.78, 5) is 9.03. The number of halogens is 2. The van der Waals surface area contributed by atoms with E-state index in [0.29, 0.717) is 17.6 Å². The molecule has 1 aromatic carbocycles. The van der Waals surface area contributed by atoms with Crippen LogP contribution in [0.3, 0.4) is 0 Å². The van der Waals surface area contributed by atoms with Crippen molar-refractivity contribution in [1.29, 1.82) is 0 Å². The van der Waals surface area contributed by atoms with Crippen molar-refractivity contribution in [2.24, 2.45) is 0 Å². The van der Waals surface area contributed by atoms with Crippen LogP contribution in [0, 0.1) is 0 Å². The molecule has 0 spiro atoms. The van der Waals surface area contributed by atoms with E-state index in [9.17, 15) is 0 Å². The van der Waals surface area contributed by atoms with Crippen LogP contribution in [0.1, 0.15) is 33.4 Å². The monoisotopic (exact) mass is 368 g/mol. The molecule has 3 nitrogen and oxygen atoms in total. The first kappa shape index (κ1) is 16.2. The van der Waals surface area contributed by atoms with Crippen LogP contribution in [0.25, 0.3) is 11.4 Å². The Morgan fingerprint density at radius 1 is 1.14 bits per heavy atom. The van der Waals surface area contributed by atoms with Crippen molar-refractivity contribution in [2.75, 3.05) is 6.61 Å². The summed E-state index contributed by atoms with van der Waals surface area (Å²) in [6.45, 7) is 8.89. The van der Waals surface area contributed by atoms with Crippen LogP contribution < -0.4 is 4.74 Å². The Kier molecular flexibility index (Phi) is 4.89. The lowest BCUT2D eigenvalue weighted by Gasteiger charge is -2.20. The van der Waals surface area contributed by atoms with Gasteiger partial charge in [-0.1, -0.05) is 32.4 Å². The summed E-state index contributed by atoms with van der Waals surface area (Å²) in [6.07, 6.45) is 0. The molecule has 1 heterocycles. The molecule has 0 radical (unpaired) electrons. The van der Waals surface area contributed by atoms with Gasteiger partial charge < -0.3 is 4.74 Å². The highest BCUT2D eigenvalue weighted by Gasteiger charge is 2.23. The highest BCUT2D eigenvalue weighted by atomic mass is 79.9. The molecule has 0 fully saturated rings. The Bertz CT molecular complexity index is 636. The van der Waals surface area contributed by atoms with Gasteiger partial charge in [-0.3, -0.25) is 0 Å². The minimum Gasteiger partial charge on any atom is -0.494 e. The fourth-order valence-electron chi connectivity index (χ4n) is 1.91. The molecule has 0 unspecified atom stereocenters. The first-order valence-corrected chi connectivity index (χ1v) is 7.96. The van der Waals surface area contributed by atoms with Gasteiger partial charge in [0.25, 0.3) is 0 Å². The fourth-order valence-corrected chi connectivity index (χ4v) is 2.85. The highest BCUT2D eigenvalue weighted by molar-refractivity contribution is 9.10. The Hall–Kier alpha value is -1.13. The van der Waals surface area contributed by atoms with Crippen molar-refractivity contribution in [2.45, 2.75) is 33.1 Å².